The molecule has 156 valence electrons. The van der Waals surface area contributed by atoms with Gasteiger partial charge in [0, 0.05) is 17.9 Å². The van der Waals surface area contributed by atoms with Gasteiger partial charge < -0.3 is 20.2 Å². The number of nitrogen functional groups attached to an aromatic ring is 1. The number of H-pyrrole nitrogens is 1. The van der Waals surface area contributed by atoms with Crippen molar-refractivity contribution < 1.29 is 27.4 Å². The van der Waals surface area contributed by atoms with Crippen molar-refractivity contribution in [2.75, 3.05) is 17.7 Å². The van der Waals surface area contributed by atoms with Gasteiger partial charge in [0.2, 0.25) is 0 Å². The van der Waals surface area contributed by atoms with Gasteiger partial charge in [-0.05, 0) is 19.9 Å². The van der Waals surface area contributed by atoms with E-state index in [-0.39, 0.29) is 35.3 Å². The highest BCUT2D eigenvalue weighted by Gasteiger charge is 2.35. The Labute approximate surface area is 171 Å². The predicted molar refractivity (Wildman–Crippen MR) is 105 cm³/mol. The second-order valence-electron chi connectivity index (χ2n) is 6.97. The van der Waals surface area contributed by atoms with Gasteiger partial charge in [-0.3, -0.25) is 4.79 Å². The number of anilines is 1. The number of carbonyl (C=O) groups excluding carboxylic acids is 1. The van der Waals surface area contributed by atoms with E-state index in [1.165, 1.54) is 12.4 Å². The molecule has 0 bridgehead atoms. The van der Waals surface area contributed by atoms with Gasteiger partial charge in [-0.2, -0.15) is 13.2 Å². The molecule has 2 aromatic heterocycles. The highest BCUT2D eigenvalue weighted by molar-refractivity contribution is 9.09. The average molecular weight is 475 g/mol. The number of aromatic nitrogens is 3. The number of rotatable bonds is 6. The summed E-state index contributed by atoms with van der Waals surface area (Å²) in [6.07, 6.45) is -3.22. The number of esters is 1. The van der Waals surface area contributed by atoms with Gasteiger partial charge in [-0.15, -0.1) is 0 Å². The summed E-state index contributed by atoms with van der Waals surface area (Å²) in [5.41, 5.74) is 4.71. The fourth-order valence-electron chi connectivity index (χ4n) is 2.91. The monoisotopic (exact) mass is 474 g/mol. The van der Waals surface area contributed by atoms with Gasteiger partial charge in [-0.25, -0.2) is 9.97 Å². The molecule has 0 saturated heterocycles. The number of aromatic amines is 1. The van der Waals surface area contributed by atoms with Gasteiger partial charge in [0.1, 0.15) is 34.5 Å². The highest BCUT2D eigenvalue weighted by Crippen LogP contribution is 2.41. The summed E-state index contributed by atoms with van der Waals surface area (Å²) in [6, 6.07) is 2.23. The lowest BCUT2D eigenvalue weighted by molar-refractivity contribution is -0.153. The molecule has 0 spiro atoms. The van der Waals surface area contributed by atoms with Gasteiger partial charge in [0.15, 0.2) is 0 Å². The van der Waals surface area contributed by atoms with Gasteiger partial charge in [0.05, 0.1) is 23.1 Å². The van der Waals surface area contributed by atoms with Gasteiger partial charge in [0.25, 0.3) is 0 Å². The molecule has 0 saturated carbocycles. The normalized spacial score (nSPS) is 12.5. The largest absolute Gasteiger partial charge is 0.493 e. The van der Waals surface area contributed by atoms with Crippen LogP contribution in [0.15, 0.2) is 18.5 Å². The van der Waals surface area contributed by atoms with Crippen molar-refractivity contribution in [3.8, 4) is 5.75 Å². The van der Waals surface area contributed by atoms with Crippen LogP contribution in [0.25, 0.3) is 21.9 Å². The zero-order chi connectivity index (χ0) is 21.4. The number of nitrogens with one attached hydrogen (secondary N) is 1. The SMILES string of the molecule is CC(C)(CCOc1cc2[nH]c3ncnc(N)c3c2cc1C(F)(F)F)OC(=O)CBr. The van der Waals surface area contributed by atoms with Crippen LogP contribution < -0.4 is 10.5 Å². The zero-order valence-corrected chi connectivity index (χ0v) is 17.1. The van der Waals surface area contributed by atoms with Crippen molar-refractivity contribution in [2.24, 2.45) is 0 Å². The van der Waals surface area contributed by atoms with Gasteiger partial charge >= 0.3 is 12.1 Å². The van der Waals surface area contributed by atoms with Crippen LogP contribution >= 0.6 is 15.9 Å². The second kappa shape index (κ2) is 7.69. The van der Waals surface area contributed by atoms with Crippen LogP contribution in [0.2, 0.25) is 0 Å². The number of hydrogen-bond acceptors (Lipinski definition) is 6. The number of nitrogens with two attached hydrogens (primary N) is 1. The molecule has 3 aromatic rings. The third-order valence-electron chi connectivity index (χ3n) is 4.29. The fourth-order valence-corrected chi connectivity index (χ4v) is 3.03. The third kappa shape index (κ3) is 4.55. The average Bonchev–Trinajstić information content (AvgIpc) is 2.98. The van der Waals surface area contributed by atoms with E-state index in [1.807, 2.05) is 0 Å². The Kier molecular flexibility index (Phi) is 5.61. The summed E-state index contributed by atoms with van der Waals surface area (Å²) in [6.45, 7) is 3.23. The van der Waals surface area contributed by atoms with Crippen LogP contribution in [0.1, 0.15) is 25.8 Å². The first-order valence-electron chi connectivity index (χ1n) is 8.55. The summed E-state index contributed by atoms with van der Waals surface area (Å²) < 4.78 is 51.6. The lowest BCUT2D eigenvalue weighted by atomic mass is 10.1. The van der Waals surface area contributed by atoms with E-state index in [9.17, 15) is 18.0 Å². The molecule has 0 aliphatic heterocycles. The second-order valence-corrected chi connectivity index (χ2v) is 7.53. The minimum Gasteiger partial charge on any atom is -0.493 e. The van der Waals surface area contributed by atoms with Crippen molar-refractivity contribution in [3.63, 3.8) is 0 Å². The summed E-state index contributed by atoms with van der Waals surface area (Å²) in [5, 5.41) is 0.602. The van der Waals surface area contributed by atoms with Gasteiger partial charge in [-0.1, -0.05) is 15.9 Å². The Hall–Kier alpha value is -2.56. The van der Waals surface area contributed by atoms with Crippen molar-refractivity contribution >= 4 is 49.7 Å². The molecule has 0 atom stereocenters. The number of benzene rings is 1. The van der Waals surface area contributed by atoms with E-state index in [2.05, 4.69) is 30.9 Å². The summed E-state index contributed by atoms with van der Waals surface area (Å²) in [5.74, 6) is -0.728. The van der Waals surface area contributed by atoms with E-state index in [1.54, 1.807) is 13.8 Å². The number of fused-ring (bicyclic) bond motifs is 3. The van der Waals surface area contributed by atoms with Crippen molar-refractivity contribution in [1.82, 2.24) is 15.0 Å². The predicted octanol–water partition coefficient (Wildman–Crippen LogP) is 4.20. The fraction of sp³-hybridized carbons (Fsp3) is 0.389. The molecule has 7 nitrogen and oxygen atoms in total. The molecule has 1 aromatic carbocycles. The first kappa shape index (κ1) is 21.2. The highest BCUT2D eigenvalue weighted by atomic mass is 79.9. The molecule has 2 heterocycles. The molecule has 0 fully saturated rings. The third-order valence-corrected chi connectivity index (χ3v) is 4.74. The maximum absolute atomic E-state index is 13.6. The number of ether oxygens (including phenoxy) is 2. The topological polar surface area (TPSA) is 103 Å². The molecular formula is C18H18BrF3N4O3. The van der Waals surface area contributed by atoms with E-state index in [0.717, 1.165) is 6.07 Å². The van der Waals surface area contributed by atoms with Crippen LogP contribution in [0, 0.1) is 0 Å². The molecule has 3 rings (SSSR count). The molecule has 0 unspecified atom stereocenters. The van der Waals surface area contributed by atoms with Crippen molar-refractivity contribution in [3.05, 3.63) is 24.0 Å². The summed E-state index contributed by atoms with van der Waals surface area (Å²) in [7, 11) is 0. The number of hydrogen-bond donors (Lipinski definition) is 2. The Morgan fingerprint density at radius 1 is 1.28 bits per heavy atom. The molecule has 0 radical (unpaired) electrons. The van der Waals surface area contributed by atoms with Crippen molar-refractivity contribution in [1.29, 1.82) is 0 Å². The standard InChI is InChI=1S/C18H18BrF3N4O3/c1-17(2,29-13(27)7-19)3-4-28-12-6-11-9(5-10(12)18(20,21)22)14-15(23)24-8-25-16(14)26-11/h5-6,8H,3-4,7H2,1-2H3,(H3,23,24,25,26). The first-order chi connectivity index (χ1) is 13.5. The Balaban J connectivity index is 1.93. The van der Waals surface area contributed by atoms with Crippen molar-refractivity contribution in [2.45, 2.75) is 32.0 Å². The molecule has 3 N–H and O–H groups in total. The van der Waals surface area contributed by atoms with E-state index in [4.69, 9.17) is 15.2 Å². The van der Waals surface area contributed by atoms with Crippen LogP contribution in [0.4, 0.5) is 19.0 Å². The number of nitrogens with zero attached hydrogens (tertiary/aromatic N) is 2. The van der Waals surface area contributed by atoms with E-state index >= 15 is 0 Å². The lowest BCUT2D eigenvalue weighted by Crippen LogP contribution is -2.30. The maximum Gasteiger partial charge on any atom is 0.419 e. The molecule has 0 aliphatic rings. The minimum atomic E-state index is -4.64. The maximum atomic E-state index is 13.6. The van der Waals surface area contributed by atoms with Crippen LogP contribution in [-0.4, -0.2) is 38.5 Å². The number of halogens is 4. The van der Waals surface area contributed by atoms with E-state index in [0.29, 0.717) is 16.6 Å². The summed E-state index contributed by atoms with van der Waals surface area (Å²) in [4.78, 5) is 22.2. The summed E-state index contributed by atoms with van der Waals surface area (Å²) >= 11 is 2.99. The quantitative estimate of drug-likeness (QED) is 0.409. The Bertz CT molecular complexity index is 1070. The minimum absolute atomic E-state index is 0.0264. The smallest absolute Gasteiger partial charge is 0.419 e. The lowest BCUT2D eigenvalue weighted by Gasteiger charge is -2.25. The number of carbonyl (C=O) groups is 1. The Morgan fingerprint density at radius 3 is 2.66 bits per heavy atom. The zero-order valence-electron chi connectivity index (χ0n) is 15.6. The van der Waals surface area contributed by atoms with Crippen LogP contribution in [-0.2, 0) is 15.7 Å². The van der Waals surface area contributed by atoms with E-state index < -0.39 is 23.3 Å². The number of alkyl halides is 4. The van der Waals surface area contributed by atoms with Crippen LogP contribution in [0.3, 0.4) is 0 Å². The molecule has 29 heavy (non-hydrogen) atoms. The van der Waals surface area contributed by atoms with Crippen LogP contribution in [0.5, 0.6) is 5.75 Å². The molecule has 0 aliphatic carbocycles. The molecule has 0 amide bonds. The molecule has 11 heteroatoms. The Morgan fingerprint density at radius 2 is 2.00 bits per heavy atom. The first-order valence-corrected chi connectivity index (χ1v) is 9.67. The molecular weight excluding hydrogens is 457 g/mol.